The predicted molar refractivity (Wildman–Crippen MR) is 131 cm³/mol. The van der Waals surface area contributed by atoms with E-state index in [9.17, 15) is 4.79 Å². The number of piperazine rings is 1. The number of primary amides is 1. The molecule has 1 aliphatic rings. The van der Waals surface area contributed by atoms with Crippen LogP contribution in [0.5, 0.6) is 0 Å². The highest BCUT2D eigenvalue weighted by molar-refractivity contribution is 8.00. The summed E-state index contributed by atoms with van der Waals surface area (Å²) in [5.41, 5.74) is 7.88. The van der Waals surface area contributed by atoms with Crippen LogP contribution in [-0.4, -0.2) is 51.9 Å². The molecule has 0 bridgehead atoms. The largest absolute Gasteiger partial charge is 0.368 e. The smallest absolute Gasteiger partial charge is 0.314 e. The number of carbonyl (C=O) groups excluding carboxylic acids is 1. The van der Waals surface area contributed by atoms with Gasteiger partial charge < -0.3 is 20.1 Å². The lowest BCUT2D eigenvalue weighted by atomic mass is 10.1. The fourth-order valence-corrected chi connectivity index (χ4v) is 5.20. The first kappa shape index (κ1) is 22.6. The number of anilines is 1. The van der Waals surface area contributed by atoms with Crippen LogP contribution in [0.1, 0.15) is 12.0 Å². The summed E-state index contributed by atoms with van der Waals surface area (Å²) >= 11 is 7.93. The van der Waals surface area contributed by atoms with Crippen LogP contribution >= 0.6 is 23.4 Å². The van der Waals surface area contributed by atoms with Gasteiger partial charge in [-0.3, -0.25) is 0 Å². The van der Waals surface area contributed by atoms with Crippen LogP contribution in [0.3, 0.4) is 0 Å². The van der Waals surface area contributed by atoms with E-state index in [2.05, 4.69) is 50.8 Å². The summed E-state index contributed by atoms with van der Waals surface area (Å²) in [7, 11) is 0. The van der Waals surface area contributed by atoms with Crippen molar-refractivity contribution < 1.29 is 4.79 Å². The Hall–Kier alpha value is -2.64. The van der Waals surface area contributed by atoms with Crippen LogP contribution in [0.4, 0.5) is 10.5 Å². The normalized spacial score (nSPS) is 15.0. The number of urea groups is 1. The van der Waals surface area contributed by atoms with Crippen LogP contribution in [0, 0.1) is 0 Å². The molecular formula is C24H28ClN5OS. The van der Waals surface area contributed by atoms with Crippen molar-refractivity contribution in [2.45, 2.75) is 29.5 Å². The van der Waals surface area contributed by atoms with Gasteiger partial charge in [0.25, 0.3) is 0 Å². The number of thioether (sulfide) groups is 1. The van der Waals surface area contributed by atoms with Crippen molar-refractivity contribution in [3.8, 4) is 0 Å². The maximum Gasteiger partial charge on any atom is 0.314 e. The van der Waals surface area contributed by atoms with Gasteiger partial charge in [-0.1, -0.05) is 23.7 Å². The number of aryl methyl sites for hydroxylation is 1. The monoisotopic (exact) mass is 469 g/mol. The zero-order valence-electron chi connectivity index (χ0n) is 17.9. The first-order valence-corrected chi connectivity index (χ1v) is 12.1. The fraction of sp³-hybridized carbons (Fsp3) is 0.333. The highest BCUT2D eigenvalue weighted by Gasteiger charge is 2.19. The van der Waals surface area contributed by atoms with E-state index in [0.29, 0.717) is 18.3 Å². The third kappa shape index (κ3) is 6.20. The number of hydrogen-bond donors (Lipinski definition) is 1. The van der Waals surface area contributed by atoms with Gasteiger partial charge in [-0.2, -0.15) is 0 Å². The van der Waals surface area contributed by atoms with Gasteiger partial charge in [0.15, 0.2) is 0 Å². The summed E-state index contributed by atoms with van der Waals surface area (Å²) in [6, 6.07) is 16.5. The summed E-state index contributed by atoms with van der Waals surface area (Å²) in [5, 5.41) is 1.19. The van der Waals surface area contributed by atoms with Crippen molar-refractivity contribution in [1.29, 1.82) is 0 Å². The molecule has 0 radical (unpaired) electrons. The molecule has 2 N–H and O–H groups in total. The fourth-order valence-electron chi connectivity index (χ4n) is 3.91. The summed E-state index contributed by atoms with van der Waals surface area (Å²) in [4.78, 5) is 20.8. The molecule has 0 aliphatic carbocycles. The number of amides is 2. The standard InChI is InChI=1S/C24H28ClN5OS/c25-20-4-1-19(2-5-20)3-8-23(17-28-12-11-27-18-28)32-22-9-6-21(7-10-22)29-13-15-30(16-14-29)24(26)31/h1-2,4-7,9-12,18,23H,3,8,13-17H2,(H2,26,31). The summed E-state index contributed by atoms with van der Waals surface area (Å²) in [6.45, 7) is 3.86. The third-order valence-electron chi connectivity index (χ3n) is 5.74. The van der Waals surface area contributed by atoms with Crippen LogP contribution in [0.15, 0.2) is 72.1 Å². The topological polar surface area (TPSA) is 67.4 Å². The molecule has 1 fully saturated rings. The Balaban J connectivity index is 1.37. The Morgan fingerprint density at radius 1 is 1.06 bits per heavy atom. The van der Waals surface area contributed by atoms with Crippen molar-refractivity contribution >= 4 is 35.1 Å². The molecule has 2 heterocycles. The number of nitrogens with zero attached hydrogens (tertiary/aromatic N) is 4. The molecule has 1 aromatic heterocycles. The number of hydrogen-bond acceptors (Lipinski definition) is 4. The lowest BCUT2D eigenvalue weighted by Gasteiger charge is -2.35. The lowest BCUT2D eigenvalue weighted by molar-refractivity contribution is 0.204. The Bertz CT molecular complexity index is 986. The summed E-state index contributed by atoms with van der Waals surface area (Å²) in [5.74, 6) is 0. The lowest BCUT2D eigenvalue weighted by Crippen LogP contribution is -2.50. The van der Waals surface area contributed by atoms with E-state index in [1.54, 1.807) is 4.90 Å². The number of halogens is 1. The number of benzene rings is 2. The van der Waals surface area contributed by atoms with E-state index in [1.807, 2.05) is 42.6 Å². The zero-order chi connectivity index (χ0) is 22.3. The molecule has 3 aromatic rings. The van der Waals surface area contributed by atoms with Gasteiger partial charge in [-0.25, -0.2) is 9.78 Å². The van der Waals surface area contributed by atoms with E-state index in [1.165, 1.54) is 16.1 Å². The van der Waals surface area contributed by atoms with Crippen LogP contribution in [0.25, 0.3) is 0 Å². The van der Waals surface area contributed by atoms with Gasteiger partial charge in [0, 0.05) is 66.0 Å². The minimum atomic E-state index is -0.334. The van der Waals surface area contributed by atoms with E-state index in [-0.39, 0.29) is 6.03 Å². The first-order valence-electron chi connectivity index (χ1n) is 10.8. The predicted octanol–water partition coefficient (Wildman–Crippen LogP) is 4.53. The van der Waals surface area contributed by atoms with Crippen molar-refractivity contribution in [3.05, 3.63) is 77.8 Å². The van der Waals surface area contributed by atoms with E-state index in [4.69, 9.17) is 17.3 Å². The number of aromatic nitrogens is 2. The minimum Gasteiger partial charge on any atom is -0.368 e. The van der Waals surface area contributed by atoms with Crippen LogP contribution in [0.2, 0.25) is 5.02 Å². The average Bonchev–Trinajstić information content (AvgIpc) is 3.32. The molecule has 2 aromatic carbocycles. The second-order valence-corrected chi connectivity index (χ2v) is 9.78. The SMILES string of the molecule is NC(=O)N1CCN(c2ccc(SC(CCc3ccc(Cl)cc3)Cn3ccnc3)cc2)CC1. The summed E-state index contributed by atoms with van der Waals surface area (Å²) < 4.78 is 2.14. The Kier molecular flexibility index (Phi) is 7.60. The van der Waals surface area contributed by atoms with Gasteiger partial charge in [-0.05, 0) is 54.8 Å². The van der Waals surface area contributed by atoms with Gasteiger partial charge in [0.1, 0.15) is 0 Å². The van der Waals surface area contributed by atoms with Crippen LogP contribution in [-0.2, 0) is 13.0 Å². The van der Waals surface area contributed by atoms with Crippen molar-refractivity contribution in [3.63, 3.8) is 0 Å². The molecular weight excluding hydrogens is 442 g/mol. The Morgan fingerprint density at radius 3 is 2.41 bits per heavy atom. The molecule has 6 nitrogen and oxygen atoms in total. The molecule has 8 heteroatoms. The molecule has 1 aliphatic heterocycles. The Labute approximate surface area is 198 Å². The molecule has 0 saturated carbocycles. The third-order valence-corrected chi connectivity index (χ3v) is 7.25. The summed E-state index contributed by atoms with van der Waals surface area (Å²) in [6.07, 6.45) is 7.79. The molecule has 1 unspecified atom stereocenters. The van der Waals surface area contributed by atoms with E-state index < -0.39 is 0 Å². The van der Waals surface area contributed by atoms with Crippen molar-refractivity contribution in [1.82, 2.24) is 14.5 Å². The van der Waals surface area contributed by atoms with Gasteiger partial charge >= 0.3 is 6.03 Å². The molecule has 168 valence electrons. The van der Waals surface area contributed by atoms with Crippen molar-refractivity contribution in [2.24, 2.45) is 5.73 Å². The molecule has 4 rings (SSSR count). The molecule has 32 heavy (non-hydrogen) atoms. The maximum absolute atomic E-state index is 11.3. The van der Waals surface area contributed by atoms with Gasteiger partial charge in [0.2, 0.25) is 0 Å². The molecule has 2 amide bonds. The number of carbonyl (C=O) groups is 1. The second kappa shape index (κ2) is 10.8. The maximum atomic E-state index is 11.3. The number of rotatable bonds is 8. The molecule has 1 atom stereocenters. The highest BCUT2D eigenvalue weighted by atomic mass is 35.5. The zero-order valence-corrected chi connectivity index (χ0v) is 19.5. The van der Waals surface area contributed by atoms with Gasteiger partial charge in [0.05, 0.1) is 6.33 Å². The second-order valence-electron chi connectivity index (χ2n) is 7.97. The quantitative estimate of drug-likeness (QED) is 0.492. The van der Waals surface area contributed by atoms with E-state index in [0.717, 1.165) is 37.5 Å². The number of imidazole rings is 1. The van der Waals surface area contributed by atoms with Crippen LogP contribution < -0.4 is 10.6 Å². The molecule has 0 spiro atoms. The highest BCUT2D eigenvalue weighted by Crippen LogP contribution is 2.30. The first-order chi connectivity index (χ1) is 15.6. The van der Waals surface area contributed by atoms with Gasteiger partial charge in [-0.15, -0.1) is 11.8 Å². The number of nitrogens with two attached hydrogens (primary N) is 1. The Morgan fingerprint density at radius 2 is 1.78 bits per heavy atom. The molecule has 1 saturated heterocycles. The van der Waals surface area contributed by atoms with E-state index >= 15 is 0 Å². The van der Waals surface area contributed by atoms with Crippen molar-refractivity contribution in [2.75, 3.05) is 31.1 Å². The minimum absolute atomic E-state index is 0.334. The average molecular weight is 470 g/mol.